The number of nitrogens with one attached hydrogen (secondary N) is 1. The topological polar surface area (TPSA) is 103 Å². The third-order valence-electron chi connectivity index (χ3n) is 1.36. The first-order chi connectivity index (χ1) is 6.74. The van der Waals surface area contributed by atoms with Crippen molar-refractivity contribution in [2.24, 2.45) is 0 Å². The second kappa shape index (κ2) is 5.18. The van der Waals surface area contributed by atoms with Gasteiger partial charge in [0.25, 0.3) is 0 Å². The Morgan fingerprint density at radius 2 is 2.36 bits per heavy atom. The van der Waals surface area contributed by atoms with Crippen LogP contribution in [0.4, 0.5) is 5.95 Å². The van der Waals surface area contributed by atoms with E-state index in [1.165, 1.54) is 0 Å². The Balaban J connectivity index is 2.29. The van der Waals surface area contributed by atoms with Crippen LogP contribution in [0.1, 0.15) is 17.5 Å². The fraction of sp³-hybridized carbons (Fsp3) is 0.571. The van der Waals surface area contributed by atoms with Crippen LogP contribution in [0.5, 0.6) is 0 Å². The highest BCUT2D eigenvalue weighted by Crippen LogP contribution is 1.95. The van der Waals surface area contributed by atoms with Crippen LogP contribution in [0.2, 0.25) is 0 Å². The molecule has 0 aliphatic heterocycles. The van der Waals surface area contributed by atoms with Gasteiger partial charge in [-0.25, -0.2) is 4.79 Å². The molecule has 1 aromatic rings. The Bertz CT molecular complexity index is 299. The minimum atomic E-state index is -0.589. The van der Waals surface area contributed by atoms with E-state index in [0.29, 0.717) is 13.2 Å². The number of H-pyrrole nitrogens is 1. The lowest BCUT2D eigenvalue weighted by Crippen LogP contribution is -2.12. The molecule has 0 bridgehead atoms. The number of nitrogen functional groups attached to an aromatic ring is 1. The molecule has 78 valence electrons. The molecule has 0 spiro atoms. The molecule has 0 fully saturated rings. The molecule has 0 aromatic carbocycles. The predicted octanol–water partition coefficient (Wildman–Crippen LogP) is -0.420. The molecule has 0 unspecified atom stereocenters. The van der Waals surface area contributed by atoms with Gasteiger partial charge in [0.05, 0.1) is 6.61 Å². The largest absolute Gasteiger partial charge is 0.457 e. The lowest BCUT2D eigenvalue weighted by atomic mass is 10.6. The highest BCUT2D eigenvalue weighted by molar-refractivity contribution is 5.85. The van der Waals surface area contributed by atoms with Gasteiger partial charge in [-0.3, -0.25) is 5.10 Å². The van der Waals surface area contributed by atoms with Crippen molar-refractivity contribution in [1.29, 1.82) is 0 Å². The lowest BCUT2D eigenvalue weighted by Gasteiger charge is -2.01. The molecule has 0 radical (unpaired) electrons. The lowest BCUT2D eigenvalue weighted by molar-refractivity contribution is 0.0323. The van der Waals surface area contributed by atoms with Gasteiger partial charge < -0.3 is 15.2 Å². The molecule has 14 heavy (non-hydrogen) atoms. The predicted molar refractivity (Wildman–Crippen MR) is 47.6 cm³/mol. The van der Waals surface area contributed by atoms with E-state index in [4.69, 9.17) is 15.2 Å². The molecule has 1 heterocycles. The molecule has 1 aromatic heterocycles. The standard InChI is InChI=1S/C7H12N4O3/c1-2-13-3-4-14-6(12)5-9-7(8)11-10-5/h2-4H2,1H3,(H3,8,9,10,11). The Morgan fingerprint density at radius 3 is 2.93 bits per heavy atom. The van der Waals surface area contributed by atoms with Gasteiger partial charge >= 0.3 is 5.97 Å². The summed E-state index contributed by atoms with van der Waals surface area (Å²) in [5.74, 6) is -0.574. The first-order valence-electron chi connectivity index (χ1n) is 4.16. The van der Waals surface area contributed by atoms with E-state index in [1.807, 2.05) is 6.92 Å². The van der Waals surface area contributed by atoms with Crippen molar-refractivity contribution in [3.8, 4) is 0 Å². The number of nitrogens with zero attached hydrogens (tertiary/aromatic N) is 2. The quantitative estimate of drug-likeness (QED) is 0.494. The average Bonchev–Trinajstić information content (AvgIpc) is 2.59. The number of ether oxygens (including phenoxy) is 2. The van der Waals surface area contributed by atoms with Crippen molar-refractivity contribution in [2.75, 3.05) is 25.6 Å². The number of aromatic amines is 1. The number of hydrogen-bond donors (Lipinski definition) is 2. The van der Waals surface area contributed by atoms with Gasteiger partial charge in [0.2, 0.25) is 11.8 Å². The molecule has 7 nitrogen and oxygen atoms in total. The summed E-state index contributed by atoms with van der Waals surface area (Å²) >= 11 is 0. The molecular formula is C7H12N4O3. The second-order valence-corrected chi connectivity index (χ2v) is 2.38. The maximum atomic E-state index is 11.2. The molecular weight excluding hydrogens is 188 g/mol. The van der Waals surface area contributed by atoms with Gasteiger partial charge in [-0.05, 0) is 6.92 Å². The van der Waals surface area contributed by atoms with Crippen molar-refractivity contribution in [1.82, 2.24) is 15.2 Å². The summed E-state index contributed by atoms with van der Waals surface area (Å²) in [6, 6.07) is 0. The minimum absolute atomic E-state index is 0.000927. The molecule has 0 aliphatic carbocycles. The van der Waals surface area contributed by atoms with Crippen LogP contribution in [0.15, 0.2) is 0 Å². The summed E-state index contributed by atoms with van der Waals surface area (Å²) in [5, 5.41) is 5.84. The highest BCUT2D eigenvalue weighted by Gasteiger charge is 2.11. The number of esters is 1. The summed E-state index contributed by atoms with van der Waals surface area (Å²) in [6.45, 7) is 3.00. The van der Waals surface area contributed by atoms with Crippen molar-refractivity contribution < 1.29 is 14.3 Å². The van der Waals surface area contributed by atoms with Gasteiger partial charge in [0.15, 0.2) is 0 Å². The first-order valence-corrected chi connectivity index (χ1v) is 4.16. The summed E-state index contributed by atoms with van der Waals surface area (Å²) in [6.07, 6.45) is 0. The van der Waals surface area contributed by atoms with Crippen molar-refractivity contribution >= 4 is 11.9 Å². The SMILES string of the molecule is CCOCCOC(=O)c1nc(N)n[nH]1. The third-order valence-corrected chi connectivity index (χ3v) is 1.36. The van der Waals surface area contributed by atoms with Gasteiger partial charge in [0, 0.05) is 6.61 Å². The Kier molecular flexibility index (Phi) is 3.86. The third kappa shape index (κ3) is 3.02. The second-order valence-electron chi connectivity index (χ2n) is 2.38. The summed E-state index contributed by atoms with van der Waals surface area (Å²) in [4.78, 5) is 14.8. The van der Waals surface area contributed by atoms with Crippen LogP contribution < -0.4 is 5.73 Å². The monoisotopic (exact) mass is 200 g/mol. The van der Waals surface area contributed by atoms with E-state index < -0.39 is 5.97 Å². The van der Waals surface area contributed by atoms with Gasteiger partial charge in [-0.15, -0.1) is 5.10 Å². The number of rotatable bonds is 5. The number of anilines is 1. The zero-order chi connectivity index (χ0) is 10.4. The van der Waals surface area contributed by atoms with Crippen LogP contribution >= 0.6 is 0 Å². The van der Waals surface area contributed by atoms with Crippen molar-refractivity contribution in [3.63, 3.8) is 0 Å². The molecule has 0 atom stereocenters. The Morgan fingerprint density at radius 1 is 1.57 bits per heavy atom. The summed E-state index contributed by atoms with van der Waals surface area (Å²) < 4.78 is 9.77. The normalized spacial score (nSPS) is 10.1. The number of nitrogens with two attached hydrogens (primary N) is 1. The van der Waals surface area contributed by atoms with E-state index in [0.717, 1.165) is 0 Å². The van der Waals surface area contributed by atoms with Gasteiger partial charge in [0.1, 0.15) is 6.61 Å². The smallest absolute Gasteiger partial charge is 0.376 e. The molecule has 7 heteroatoms. The molecule has 1 rings (SSSR count). The highest BCUT2D eigenvalue weighted by atomic mass is 16.6. The zero-order valence-corrected chi connectivity index (χ0v) is 7.82. The zero-order valence-electron chi connectivity index (χ0n) is 7.82. The summed E-state index contributed by atoms with van der Waals surface area (Å²) in [5.41, 5.74) is 5.21. The Hall–Kier alpha value is -1.63. The van der Waals surface area contributed by atoms with E-state index in [9.17, 15) is 4.79 Å². The van der Waals surface area contributed by atoms with Crippen LogP contribution in [-0.4, -0.2) is 41.0 Å². The minimum Gasteiger partial charge on any atom is -0.457 e. The molecule has 3 N–H and O–H groups in total. The van der Waals surface area contributed by atoms with E-state index in [1.54, 1.807) is 0 Å². The van der Waals surface area contributed by atoms with Crippen LogP contribution in [0.3, 0.4) is 0 Å². The van der Waals surface area contributed by atoms with Gasteiger partial charge in [-0.2, -0.15) is 4.98 Å². The van der Waals surface area contributed by atoms with Gasteiger partial charge in [-0.1, -0.05) is 0 Å². The van der Waals surface area contributed by atoms with E-state index >= 15 is 0 Å². The number of aromatic nitrogens is 3. The van der Waals surface area contributed by atoms with E-state index in [2.05, 4.69) is 15.2 Å². The maximum absolute atomic E-state index is 11.2. The summed E-state index contributed by atoms with van der Waals surface area (Å²) in [7, 11) is 0. The maximum Gasteiger partial charge on any atom is 0.376 e. The molecule has 0 aliphatic rings. The fourth-order valence-corrected chi connectivity index (χ4v) is 0.772. The molecule has 0 saturated carbocycles. The first kappa shape index (κ1) is 10.5. The van der Waals surface area contributed by atoms with Crippen LogP contribution in [0, 0.1) is 0 Å². The van der Waals surface area contributed by atoms with Crippen LogP contribution in [0.25, 0.3) is 0 Å². The van der Waals surface area contributed by atoms with E-state index in [-0.39, 0.29) is 18.4 Å². The number of carbonyl (C=O) groups excluding carboxylic acids is 1. The number of carbonyl (C=O) groups is 1. The molecule has 0 amide bonds. The molecule has 0 saturated heterocycles. The van der Waals surface area contributed by atoms with Crippen molar-refractivity contribution in [3.05, 3.63) is 5.82 Å². The van der Waals surface area contributed by atoms with Crippen molar-refractivity contribution in [2.45, 2.75) is 6.92 Å². The average molecular weight is 200 g/mol. The Labute approximate surface area is 80.6 Å². The fourth-order valence-electron chi connectivity index (χ4n) is 0.772. The number of hydrogen-bond acceptors (Lipinski definition) is 6. The van der Waals surface area contributed by atoms with Crippen LogP contribution in [-0.2, 0) is 9.47 Å².